The summed E-state index contributed by atoms with van der Waals surface area (Å²) in [5.41, 5.74) is -1.90. The zero-order valence-corrected chi connectivity index (χ0v) is 16.6. The standard InChI is InChI=1S/C8H18S6Si2/c1-15(9-3-4-10-15)13-7-8-14-16(2)11-5-6-12-16/h3-8H2,1-2H3. The van der Waals surface area contributed by atoms with Crippen LogP contribution in [0.5, 0.6) is 0 Å². The van der Waals surface area contributed by atoms with Crippen LogP contribution in [0.1, 0.15) is 0 Å². The highest BCUT2D eigenvalue weighted by Crippen LogP contribution is 2.49. The summed E-state index contributed by atoms with van der Waals surface area (Å²) in [5, 5.41) is 0. The minimum atomic E-state index is -0.949. The van der Waals surface area contributed by atoms with Crippen molar-refractivity contribution in [2.45, 2.75) is 13.1 Å². The minimum absolute atomic E-state index is 0.949. The average molecular weight is 363 g/mol. The number of hydrogen-bond donors (Lipinski definition) is 0. The predicted octanol–water partition coefficient (Wildman–Crippen LogP) is 4.55. The molecular weight excluding hydrogens is 345 g/mol. The van der Waals surface area contributed by atoms with E-state index in [2.05, 4.69) is 80.4 Å². The Bertz CT molecular complexity index is 203. The van der Waals surface area contributed by atoms with Crippen LogP contribution in [-0.2, 0) is 0 Å². The largest absolute Gasteiger partial charge is 0.234 e. The van der Waals surface area contributed by atoms with E-state index in [-0.39, 0.29) is 0 Å². The summed E-state index contributed by atoms with van der Waals surface area (Å²) < 4.78 is 0. The first-order valence-electron chi connectivity index (χ1n) is 5.46. The van der Waals surface area contributed by atoms with E-state index in [0.717, 1.165) is 0 Å². The molecule has 0 amide bonds. The molecule has 2 heterocycles. The maximum atomic E-state index is 2.54. The molecule has 16 heavy (non-hydrogen) atoms. The van der Waals surface area contributed by atoms with E-state index >= 15 is 0 Å². The van der Waals surface area contributed by atoms with Gasteiger partial charge in [0, 0.05) is 0 Å². The monoisotopic (exact) mass is 362 g/mol. The van der Waals surface area contributed by atoms with Crippen molar-refractivity contribution in [3.8, 4) is 0 Å². The number of hydrogen-bond acceptors (Lipinski definition) is 6. The number of rotatable bonds is 5. The van der Waals surface area contributed by atoms with Crippen molar-refractivity contribution < 1.29 is 0 Å². The lowest BCUT2D eigenvalue weighted by Crippen LogP contribution is -2.17. The fourth-order valence-electron chi connectivity index (χ4n) is 1.61. The first-order valence-corrected chi connectivity index (χ1v) is 20.7. The maximum absolute atomic E-state index is 2.54. The summed E-state index contributed by atoms with van der Waals surface area (Å²) in [6, 6.07) is 0. The molecule has 0 N–H and O–H groups in total. The minimum Gasteiger partial charge on any atom is -0.161 e. The van der Waals surface area contributed by atoms with Gasteiger partial charge < -0.3 is 0 Å². The molecule has 0 bridgehead atoms. The highest BCUT2D eigenvalue weighted by molar-refractivity contribution is 8.83. The second-order valence-corrected chi connectivity index (χ2v) is 36.0. The van der Waals surface area contributed by atoms with Gasteiger partial charge in [-0.25, -0.2) is 0 Å². The Kier molecular flexibility index (Phi) is 6.35. The molecule has 2 rings (SSSR count). The van der Waals surface area contributed by atoms with Gasteiger partial charge in [-0.05, 0) is 47.6 Å². The third-order valence-corrected chi connectivity index (χ3v) is 34.6. The smallest absolute Gasteiger partial charge is 0.161 e. The third kappa shape index (κ3) is 4.57. The third-order valence-electron chi connectivity index (χ3n) is 2.44. The van der Waals surface area contributed by atoms with Gasteiger partial charge in [-0.3, -0.25) is 0 Å². The van der Waals surface area contributed by atoms with Gasteiger partial charge in [0.15, 0.2) is 0 Å². The van der Waals surface area contributed by atoms with Crippen LogP contribution < -0.4 is 0 Å². The molecule has 0 aromatic rings. The predicted molar refractivity (Wildman–Crippen MR) is 98.0 cm³/mol. The summed E-state index contributed by atoms with van der Waals surface area (Å²) in [5.74, 6) is 8.43. The highest BCUT2D eigenvalue weighted by atomic mass is 32.8. The second kappa shape index (κ2) is 6.81. The van der Waals surface area contributed by atoms with Crippen molar-refractivity contribution >= 4 is 78.3 Å². The fourth-order valence-corrected chi connectivity index (χ4v) is 32.5. The van der Waals surface area contributed by atoms with E-state index in [1.54, 1.807) is 0 Å². The first kappa shape index (κ1) is 14.9. The lowest BCUT2D eigenvalue weighted by atomic mass is 11.0. The Labute approximate surface area is 125 Å². The Morgan fingerprint density at radius 1 is 0.750 bits per heavy atom. The van der Waals surface area contributed by atoms with E-state index in [4.69, 9.17) is 0 Å². The molecule has 2 aliphatic heterocycles. The van der Waals surface area contributed by atoms with Crippen molar-refractivity contribution in [1.82, 2.24) is 0 Å². The molecule has 0 unspecified atom stereocenters. The van der Waals surface area contributed by atoms with Crippen molar-refractivity contribution in [1.29, 1.82) is 0 Å². The summed E-state index contributed by atoms with van der Waals surface area (Å²) in [4.78, 5) is 0. The lowest BCUT2D eigenvalue weighted by Gasteiger charge is -2.20. The van der Waals surface area contributed by atoms with Gasteiger partial charge in [0.2, 0.25) is 11.0 Å². The quantitative estimate of drug-likeness (QED) is 0.516. The summed E-state index contributed by atoms with van der Waals surface area (Å²) in [6.07, 6.45) is 0. The Morgan fingerprint density at radius 2 is 1.06 bits per heavy atom. The first-order chi connectivity index (χ1) is 7.62. The van der Waals surface area contributed by atoms with Gasteiger partial charge in [0.1, 0.15) is 0 Å². The average Bonchev–Trinajstić information content (AvgIpc) is 2.84. The van der Waals surface area contributed by atoms with Gasteiger partial charge in [-0.2, -0.15) is 67.3 Å². The molecule has 94 valence electrons. The highest BCUT2D eigenvalue weighted by Gasteiger charge is 2.36. The Morgan fingerprint density at radius 3 is 1.38 bits per heavy atom. The van der Waals surface area contributed by atoms with Crippen LogP contribution >= 0.6 is 67.3 Å². The normalized spacial score (nSPS) is 27.4. The van der Waals surface area contributed by atoms with Gasteiger partial charge in [0.25, 0.3) is 0 Å². The SMILES string of the molecule is C[Si]1(SCCS[Si]2(C)SCCS2)SCCS1. The molecule has 0 nitrogen and oxygen atoms in total. The maximum Gasteiger partial charge on any atom is 0.234 e. The van der Waals surface area contributed by atoms with Crippen LogP contribution in [0.15, 0.2) is 0 Å². The molecule has 2 aliphatic rings. The molecule has 8 heteroatoms. The molecule has 0 spiro atoms. The topological polar surface area (TPSA) is 0 Å². The molecule has 2 saturated heterocycles. The molecule has 0 aromatic heterocycles. The Balaban J connectivity index is 1.61. The van der Waals surface area contributed by atoms with Crippen molar-refractivity contribution in [2.75, 3.05) is 34.5 Å². The van der Waals surface area contributed by atoms with Gasteiger partial charge >= 0.3 is 0 Å². The van der Waals surface area contributed by atoms with Crippen molar-refractivity contribution in [2.24, 2.45) is 0 Å². The molecule has 0 aliphatic carbocycles. The van der Waals surface area contributed by atoms with Crippen LogP contribution in [0.4, 0.5) is 0 Å². The van der Waals surface area contributed by atoms with Gasteiger partial charge in [-0.1, -0.05) is 0 Å². The van der Waals surface area contributed by atoms with Crippen molar-refractivity contribution in [3.63, 3.8) is 0 Å². The molecular formula is C8H18S6Si2. The summed E-state index contributed by atoms with van der Waals surface area (Å²) in [7, 11) is 0. The second-order valence-electron chi connectivity index (χ2n) is 3.82. The summed E-state index contributed by atoms with van der Waals surface area (Å²) >= 11 is 13.8. The van der Waals surface area contributed by atoms with Crippen LogP contribution in [0.2, 0.25) is 13.1 Å². The Hall–Kier alpha value is 2.53. The van der Waals surface area contributed by atoms with Gasteiger partial charge in [-0.15, -0.1) is 0 Å². The van der Waals surface area contributed by atoms with Crippen LogP contribution in [-0.4, -0.2) is 45.6 Å². The molecule has 0 aromatic carbocycles. The van der Waals surface area contributed by atoms with Crippen LogP contribution in [0.25, 0.3) is 0 Å². The van der Waals surface area contributed by atoms with E-state index in [9.17, 15) is 0 Å². The lowest BCUT2D eigenvalue weighted by molar-refractivity contribution is 1.58. The van der Waals surface area contributed by atoms with E-state index in [0.29, 0.717) is 0 Å². The van der Waals surface area contributed by atoms with Crippen LogP contribution in [0, 0.1) is 0 Å². The molecule has 0 atom stereocenters. The fraction of sp³-hybridized carbons (Fsp3) is 1.00. The zero-order valence-electron chi connectivity index (χ0n) is 9.69. The van der Waals surface area contributed by atoms with Gasteiger partial charge in [0.05, 0.1) is 0 Å². The van der Waals surface area contributed by atoms with E-state index < -0.39 is 11.0 Å². The van der Waals surface area contributed by atoms with E-state index in [1.165, 1.54) is 34.5 Å². The molecule has 2 fully saturated rings. The van der Waals surface area contributed by atoms with Crippen molar-refractivity contribution in [3.05, 3.63) is 0 Å². The van der Waals surface area contributed by atoms with E-state index in [1.807, 2.05) is 0 Å². The molecule has 0 radical (unpaired) electrons. The van der Waals surface area contributed by atoms with Crippen LogP contribution in [0.3, 0.4) is 0 Å². The summed E-state index contributed by atoms with van der Waals surface area (Å²) in [6.45, 7) is 5.09. The molecule has 0 saturated carbocycles. The zero-order chi connectivity index (χ0) is 11.5.